The van der Waals surface area contributed by atoms with Crippen molar-refractivity contribution in [3.63, 3.8) is 0 Å². The molecule has 0 radical (unpaired) electrons. The summed E-state index contributed by atoms with van der Waals surface area (Å²) in [4.78, 5) is 0. The summed E-state index contributed by atoms with van der Waals surface area (Å²) < 4.78 is 1.07. The Morgan fingerprint density at radius 2 is 1.31 bits per heavy atom. The molecule has 13 heavy (non-hydrogen) atoms. The van der Waals surface area contributed by atoms with Gasteiger partial charge in [-0.25, -0.2) is 0 Å². The highest BCUT2D eigenvalue weighted by Crippen LogP contribution is 2.04. The molecule has 0 aliphatic heterocycles. The van der Waals surface area contributed by atoms with Crippen LogP contribution in [0.2, 0.25) is 0 Å². The standard InChI is InChI=1S/C10H24NO.H2O/c1-11(2,3)9-7-5-4-6-8-10-12;/h12H,4-10H2,1-3H3;1H2/q+1;/p-1. The van der Waals surface area contributed by atoms with Gasteiger partial charge in [-0.15, -0.1) is 0 Å². The van der Waals surface area contributed by atoms with Crippen LogP contribution in [0.15, 0.2) is 0 Å². The van der Waals surface area contributed by atoms with Crippen LogP contribution < -0.4 is 0 Å². The molecule has 0 spiro atoms. The first kappa shape index (κ1) is 15.4. The molecule has 0 bridgehead atoms. The highest BCUT2D eigenvalue weighted by Gasteiger charge is 2.04. The lowest BCUT2D eigenvalue weighted by molar-refractivity contribution is -0.870. The Hall–Kier alpha value is -0.120. The van der Waals surface area contributed by atoms with E-state index < -0.39 is 0 Å². The largest absolute Gasteiger partial charge is 0.870 e. The van der Waals surface area contributed by atoms with E-state index in [1.165, 1.54) is 32.2 Å². The van der Waals surface area contributed by atoms with Crippen molar-refractivity contribution in [1.29, 1.82) is 0 Å². The summed E-state index contributed by atoms with van der Waals surface area (Å²) in [6.45, 7) is 1.62. The molecule has 0 aromatic rings. The number of unbranched alkanes of at least 4 members (excludes halogenated alkanes) is 4. The zero-order valence-corrected chi connectivity index (χ0v) is 9.29. The number of nitrogens with zero attached hydrogens (tertiary/aromatic N) is 1. The van der Waals surface area contributed by atoms with E-state index >= 15 is 0 Å². The third kappa shape index (κ3) is 14.7. The predicted molar refractivity (Wildman–Crippen MR) is 55.0 cm³/mol. The van der Waals surface area contributed by atoms with Crippen LogP contribution in [0, 0.1) is 0 Å². The molecule has 0 unspecified atom stereocenters. The molecule has 82 valence electrons. The summed E-state index contributed by atoms with van der Waals surface area (Å²) in [6, 6.07) is 0. The molecule has 0 aromatic heterocycles. The average molecular weight is 191 g/mol. The van der Waals surface area contributed by atoms with E-state index in [-0.39, 0.29) is 5.48 Å². The Bertz CT molecular complexity index is 99.6. The van der Waals surface area contributed by atoms with E-state index in [4.69, 9.17) is 5.11 Å². The quantitative estimate of drug-likeness (QED) is 0.489. The van der Waals surface area contributed by atoms with Crippen molar-refractivity contribution in [3.05, 3.63) is 0 Å². The van der Waals surface area contributed by atoms with Gasteiger partial charge in [0.25, 0.3) is 0 Å². The van der Waals surface area contributed by atoms with Crippen LogP contribution in [-0.2, 0) is 0 Å². The van der Waals surface area contributed by atoms with E-state index in [0.717, 1.165) is 10.9 Å². The van der Waals surface area contributed by atoms with Crippen molar-refractivity contribution in [2.45, 2.75) is 32.1 Å². The lowest BCUT2D eigenvalue weighted by Gasteiger charge is -2.23. The number of aliphatic hydroxyl groups is 1. The Morgan fingerprint density at radius 1 is 0.846 bits per heavy atom. The van der Waals surface area contributed by atoms with E-state index in [9.17, 15) is 0 Å². The van der Waals surface area contributed by atoms with Crippen LogP contribution in [0.4, 0.5) is 0 Å². The van der Waals surface area contributed by atoms with Gasteiger partial charge in [-0.1, -0.05) is 12.8 Å². The fraction of sp³-hybridized carbons (Fsp3) is 1.00. The summed E-state index contributed by atoms with van der Waals surface area (Å²) in [5.41, 5.74) is 0. The maximum absolute atomic E-state index is 8.55. The summed E-state index contributed by atoms with van der Waals surface area (Å²) in [7, 11) is 6.69. The molecular weight excluding hydrogens is 166 g/mol. The second kappa shape index (κ2) is 8.48. The third-order valence-electron chi connectivity index (χ3n) is 1.99. The molecule has 3 heteroatoms. The van der Waals surface area contributed by atoms with Crippen molar-refractivity contribution in [1.82, 2.24) is 0 Å². The molecule has 0 atom stereocenters. The summed E-state index contributed by atoms with van der Waals surface area (Å²) in [5, 5.41) is 8.55. The lowest BCUT2D eigenvalue weighted by atomic mass is 10.1. The molecule has 0 aliphatic rings. The van der Waals surface area contributed by atoms with Gasteiger partial charge in [-0.3, -0.25) is 0 Å². The molecule has 2 N–H and O–H groups in total. The van der Waals surface area contributed by atoms with Crippen LogP contribution in [0.25, 0.3) is 0 Å². The first-order valence-electron chi connectivity index (χ1n) is 4.97. The number of rotatable bonds is 7. The second-order valence-electron chi connectivity index (χ2n) is 4.51. The third-order valence-corrected chi connectivity index (χ3v) is 1.99. The molecule has 0 fully saturated rings. The molecule has 0 amide bonds. The summed E-state index contributed by atoms with van der Waals surface area (Å²) >= 11 is 0. The Labute approximate surface area is 82.3 Å². The van der Waals surface area contributed by atoms with E-state index in [1.807, 2.05) is 0 Å². The second-order valence-corrected chi connectivity index (χ2v) is 4.51. The lowest BCUT2D eigenvalue weighted by Crippen LogP contribution is -2.35. The van der Waals surface area contributed by atoms with Crippen LogP contribution >= 0.6 is 0 Å². The Kier molecular flexibility index (Phi) is 10.0. The zero-order chi connectivity index (χ0) is 9.45. The van der Waals surface area contributed by atoms with E-state index in [2.05, 4.69) is 21.1 Å². The van der Waals surface area contributed by atoms with Crippen molar-refractivity contribution in [3.8, 4) is 0 Å². The SMILES string of the molecule is C[N+](C)(C)CCCCCCCO.[OH-]. The summed E-state index contributed by atoms with van der Waals surface area (Å²) in [6.07, 6.45) is 6.07. The van der Waals surface area contributed by atoms with Gasteiger partial charge in [-0.2, -0.15) is 0 Å². The number of hydrogen-bond donors (Lipinski definition) is 1. The van der Waals surface area contributed by atoms with Crippen LogP contribution in [0.1, 0.15) is 32.1 Å². The van der Waals surface area contributed by atoms with Gasteiger partial charge in [0.15, 0.2) is 0 Å². The minimum atomic E-state index is 0. The van der Waals surface area contributed by atoms with Crippen molar-refractivity contribution < 1.29 is 15.1 Å². The molecule has 0 aromatic carbocycles. The smallest absolute Gasteiger partial charge is 0.0780 e. The highest BCUT2D eigenvalue weighted by molar-refractivity contribution is 4.42. The van der Waals surface area contributed by atoms with Gasteiger partial charge in [0, 0.05) is 6.61 Å². The molecule has 0 aliphatic carbocycles. The van der Waals surface area contributed by atoms with Gasteiger partial charge >= 0.3 is 0 Å². The van der Waals surface area contributed by atoms with Gasteiger partial charge < -0.3 is 15.1 Å². The van der Waals surface area contributed by atoms with Crippen molar-refractivity contribution >= 4 is 0 Å². The summed E-state index contributed by atoms with van der Waals surface area (Å²) in [5.74, 6) is 0. The van der Waals surface area contributed by atoms with Crippen molar-refractivity contribution in [2.75, 3.05) is 34.3 Å². The Morgan fingerprint density at radius 3 is 1.77 bits per heavy atom. The predicted octanol–water partition coefficient (Wildman–Crippen LogP) is 1.46. The van der Waals surface area contributed by atoms with Crippen LogP contribution in [0.5, 0.6) is 0 Å². The molecule has 0 heterocycles. The van der Waals surface area contributed by atoms with Gasteiger partial charge in [0.1, 0.15) is 0 Å². The van der Waals surface area contributed by atoms with Crippen LogP contribution in [0.3, 0.4) is 0 Å². The first-order valence-corrected chi connectivity index (χ1v) is 4.97. The van der Waals surface area contributed by atoms with Gasteiger partial charge in [0.2, 0.25) is 0 Å². The highest BCUT2D eigenvalue weighted by atomic mass is 16.2. The van der Waals surface area contributed by atoms with Crippen LogP contribution in [-0.4, -0.2) is 49.4 Å². The zero-order valence-electron chi connectivity index (χ0n) is 9.29. The van der Waals surface area contributed by atoms with Gasteiger partial charge in [-0.05, 0) is 19.3 Å². The molecule has 0 rings (SSSR count). The number of aliphatic hydroxyl groups excluding tert-OH is 1. The molecular formula is C10H25NO2. The number of hydrogen-bond acceptors (Lipinski definition) is 2. The normalized spacial score (nSPS) is 11.1. The minimum Gasteiger partial charge on any atom is -0.870 e. The maximum Gasteiger partial charge on any atom is 0.0780 e. The maximum atomic E-state index is 8.55. The molecule has 3 nitrogen and oxygen atoms in total. The molecule has 0 saturated carbocycles. The Balaban J connectivity index is 0. The molecule has 0 saturated heterocycles. The fourth-order valence-electron chi connectivity index (χ4n) is 1.23. The minimum absolute atomic E-state index is 0. The van der Waals surface area contributed by atoms with E-state index in [0.29, 0.717) is 6.61 Å². The van der Waals surface area contributed by atoms with Gasteiger partial charge in [0.05, 0.1) is 27.7 Å². The topological polar surface area (TPSA) is 50.2 Å². The van der Waals surface area contributed by atoms with E-state index in [1.54, 1.807) is 0 Å². The average Bonchev–Trinajstić information content (AvgIpc) is 1.94. The fourth-order valence-corrected chi connectivity index (χ4v) is 1.23. The monoisotopic (exact) mass is 191 g/mol. The number of quaternary nitrogens is 1. The van der Waals surface area contributed by atoms with Crippen molar-refractivity contribution in [2.24, 2.45) is 0 Å². The first-order chi connectivity index (χ1) is 5.56.